The van der Waals surface area contributed by atoms with E-state index < -0.39 is 21.2 Å². The van der Waals surface area contributed by atoms with Crippen molar-refractivity contribution in [2.45, 2.75) is 0 Å². The summed E-state index contributed by atoms with van der Waals surface area (Å²) < 4.78 is 30.3. The SMILES string of the molecule is COC(=O)N1CCN(c2ccc([N+](=O)[O-])cc2)S1(=O)=O. The van der Waals surface area contributed by atoms with E-state index in [2.05, 4.69) is 4.74 Å². The summed E-state index contributed by atoms with van der Waals surface area (Å²) in [5, 5.41) is 10.5. The minimum absolute atomic E-state index is 0.0357. The van der Waals surface area contributed by atoms with Crippen LogP contribution in [0.2, 0.25) is 0 Å². The fourth-order valence-electron chi connectivity index (χ4n) is 1.82. The van der Waals surface area contributed by atoms with Crippen molar-refractivity contribution >= 4 is 27.7 Å². The van der Waals surface area contributed by atoms with Crippen LogP contribution < -0.4 is 4.31 Å². The Morgan fingerprint density at radius 3 is 2.40 bits per heavy atom. The van der Waals surface area contributed by atoms with Crippen LogP contribution >= 0.6 is 0 Å². The van der Waals surface area contributed by atoms with Gasteiger partial charge in [-0.05, 0) is 12.1 Å². The number of benzene rings is 1. The fourth-order valence-corrected chi connectivity index (χ4v) is 3.34. The van der Waals surface area contributed by atoms with Gasteiger partial charge in [0.2, 0.25) is 0 Å². The molecule has 0 aromatic heterocycles. The molecule has 1 amide bonds. The molecule has 0 aliphatic carbocycles. The molecule has 0 atom stereocenters. The summed E-state index contributed by atoms with van der Waals surface area (Å²) in [6, 6.07) is 5.03. The standard InChI is InChI=1S/C10H11N3O6S/c1-19-10(14)12-7-6-11(20(12,17)18)8-2-4-9(5-3-8)13(15)16/h2-5H,6-7H2,1H3. The molecule has 0 radical (unpaired) electrons. The second-order valence-electron chi connectivity index (χ2n) is 3.90. The van der Waals surface area contributed by atoms with Gasteiger partial charge >= 0.3 is 16.3 Å². The monoisotopic (exact) mass is 301 g/mol. The van der Waals surface area contributed by atoms with E-state index in [-0.39, 0.29) is 24.5 Å². The van der Waals surface area contributed by atoms with Crippen LogP contribution in [0.4, 0.5) is 16.2 Å². The lowest BCUT2D eigenvalue weighted by atomic mass is 10.3. The average molecular weight is 301 g/mol. The van der Waals surface area contributed by atoms with E-state index in [1.165, 1.54) is 24.3 Å². The summed E-state index contributed by atoms with van der Waals surface area (Å²) in [5.41, 5.74) is 0.108. The quantitative estimate of drug-likeness (QED) is 0.588. The van der Waals surface area contributed by atoms with E-state index >= 15 is 0 Å². The largest absolute Gasteiger partial charge is 0.452 e. The second-order valence-corrected chi connectivity index (χ2v) is 5.67. The number of nitrogens with zero attached hydrogens (tertiary/aromatic N) is 3. The molecule has 9 nitrogen and oxygen atoms in total. The number of amides is 1. The van der Waals surface area contributed by atoms with Gasteiger partial charge < -0.3 is 4.74 Å². The Hall–Kier alpha value is -2.36. The van der Waals surface area contributed by atoms with Gasteiger partial charge in [0.25, 0.3) is 5.69 Å². The Morgan fingerprint density at radius 2 is 1.90 bits per heavy atom. The lowest BCUT2D eigenvalue weighted by Crippen LogP contribution is -2.37. The van der Waals surface area contributed by atoms with Crippen LogP contribution in [0.5, 0.6) is 0 Å². The molecule has 1 heterocycles. The highest BCUT2D eigenvalue weighted by Crippen LogP contribution is 2.27. The molecule has 1 aliphatic rings. The molecule has 10 heteroatoms. The van der Waals surface area contributed by atoms with Gasteiger partial charge in [-0.3, -0.25) is 14.4 Å². The smallest absolute Gasteiger partial charge is 0.424 e. The number of non-ortho nitro benzene ring substituents is 1. The van der Waals surface area contributed by atoms with Gasteiger partial charge in [0.05, 0.1) is 30.8 Å². The number of carbonyl (C=O) groups is 1. The van der Waals surface area contributed by atoms with Gasteiger partial charge in [0.1, 0.15) is 0 Å². The molecule has 2 rings (SSSR count). The maximum atomic E-state index is 12.1. The summed E-state index contributed by atoms with van der Waals surface area (Å²) in [5.74, 6) is 0. The normalized spacial score (nSPS) is 17.1. The number of hydrogen-bond donors (Lipinski definition) is 0. The van der Waals surface area contributed by atoms with E-state index in [4.69, 9.17) is 0 Å². The number of nitro groups is 1. The number of methoxy groups -OCH3 is 1. The Balaban J connectivity index is 2.31. The van der Waals surface area contributed by atoms with Gasteiger partial charge in [-0.15, -0.1) is 0 Å². The molecule has 0 bridgehead atoms. The van der Waals surface area contributed by atoms with E-state index in [9.17, 15) is 23.3 Å². The number of anilines is 1. The number of ether oxygens (including phenoxy) is 1. The predicted octanol–water partition coefficient (Wildman–Crippen LogP) is 0.728. The first kappa shape index (κ1) is 14.1. The first-order chi connectivity index (χ1) is 9.37. The van der Waals surface area contributed by atoms with Gasteiger partial charge in [-0.2, -0.15) is 12.7 Å². The molecule has 1 aromatic rings. The van der Waals surface area contributed by atoms with Crippen molar-refractivity contribution in [3.8, 4) is 0 Å². The Morgan fingerprint density at radius 1 is 1.30 bits per heavy atom. The molecule has 0 spiro atoms. The number of nitro benzene ring substituents is 1. The van der Waals surface area contributed by atoms with Crippen LogP contribution in [-0.4, -0.2) is 43.9 Å². The van der Waals surface area contributed by atoms with Crippen molar-refractivity contribution in [1.82, 2.24) is 4.31 Å². The third-order valence-electron chi connectivity index (χ3n) is 2.79. The zero-order valence-electron chi connectivity index (χ0n) is 10.4. The molecular formula is C10H11N3O6S. The molecule has 1 saturated heterocycles. The molecular weight excluding hydrogens is 290 g/mol. The molecule has 1 aliphatic heterocycles. The Kier molecular flexibility index (Phi) is 3.49. The lowest BCUT2D eigenvalue weighted by molar-refractivity contribution is -0.384. The maximum absolute atomic E-state index is 12.1. The minimum Gasteiger partial charge on any atom is -0.452 e. The fraction of sp³-hybridized carbons (Fsp3) is 0.300. The maximum Gasteiger partial charge on any atom is 0.424 e. The van der Waals surface area contributed by atoms with Crippen molar-refractivity contribution in [3.05, 3.63) is 34.4 Å². The van der Waals surface area contributed by atoms with Crippen LogP contribution in [0.15, 0.2) is 24.3 Å². The summed E-state index contributed by atoms with van der Waals surface area (Å²) in [7, 11) is -2.91. The summed E-state index contributed by atoms with van der Waals surface area (Å²) in [4.78, 5) is 21.3. The van der Waals surface area contributed by atoms with Crippen molar-refractivity contribution in [3.63, 3.8) is 0 Å². The molecule has 108 valence electrons. The minimum atomic E-state index is -4.00. The highest BCUT2D eigenvalue weighted by Gasteiger charge is 2.40. The van der Waals surface area contributed by atoms with Crippen LogP contribution in [0.25, 0.3) is 0 Å². The zero-order chi connectivity index (χ0) is 14.9. The Bertz CT molecular complexity index is 641. The van der Waals surface area contributed by atoms with Crippen molar-refractivity contribution in [2.24, 2.45) is 0 Å². The third-order valence-corrected chi connectivity index (χ3v) is 4.63. The van der Waals surface area contributed by atoms with Gasteiger partial charge in [-0.1, -0.05) is 0 Å². The molecule has 0 N–H and O–H groups in total. The second kappa shape index (κ2) is 4.96. The van der Waals surface area contributed by atoms with Gasteiger partial charge in [0.15, 0.2) is 0 Å². The van der Waals surface area contributed by atoms with Crippen LogP contribution in [0.1, 0.15) is 0 Å². The first-order valence-corrected chi connectivity index (χ1v) is 6.90. The number of carbonyl (C=O) groups excluding carboxylic acids is 1. The first-order valence-electron chi connectivity index (χ1n) is 5.50. The molecule has 20 heavy (non-hydrogen) atoms. The van der Waals surface area contributed by atoms with Crippen LogP contribution in [0.3, 0.4) is 0 Å². The van der Waals surface area contributed by atoms with Gasteiger partial charge in [-0.25, -0.2) is 4.79 Å². The van der Waals surface area contributed by atoms with Gasteiger partial charge in [0, 0.05) is 12.1 Å². The topological polar surface area (TPSA) is 110 Å². The summed E-state index contributed by atoms with van der Waals surface area (Å²) in [6.07, 6.45) is -0.964. The van der Waals surface area contributed by atoms with Crippen LogP contribution in [0, 0.1) is 10.1 Å². The van der Waals surface area contributed by atoms with Crippen molar-refractivity contribution in [1.29, 1.82) is 0 Å². The summed E-state index contributed by atoms with van der Waals surface area (Å²) in [6.45, 7) is 0.0290. The van der Waals surface area contributed by atoms with E-state index in [0.717, 1.165) is 11.4 Å². The molecule has 1 aromatic carbocycles. The van der Waals surface area contributed by atoms with Crippen molar-refractivity contribution in [2.75, 3.05) is 24.5 Å². The van der Waals surface area contributed by atoms with E-state index in [0.29, 0.717) is 4.31 Å². The third kappa shape index (κ3) is 2.25. The predicted molar refractivity (Wildman–Crippen MR) is 68.5 cm³/mol. The van der Waals surface area contributed by atoms with E-state index in [1.54, 1.807) is 0 Å². The van der Waals surface area contributed by atoms with Crippen LogP contribution in [-0.2, 0) is 14.9 Å². The molecule has 0 unspecified atom stereocenters. The molecule has 0 saturated carbocycles. The Labute approximate surface area is 114 Å². The summed E-state index contributed by atoms with van der Waals surface area (Å²) >= 11 is 0. The van der Waals surface area contributed by atoms with Crippen molar-refractivity contribution < 1.29 is 22.9 Å². The number of hydrogen-bond acceptors (Lipinski definition) is 6. The highest BCUT2D eigenvalue weighted by molar-refractivity contribution is 7.91. The zero-order valence-corrected chi connectivity index (χ0v) is 11.2. The molecule has 1 fully saturated rings. The van der Waals surface area contributed by atoms with E-state index in [1.807, 2.05) is 0 Å². The highest BCUT2D eigenvalue weighted by atomic mass is 32.2. The average Bonchev–Trinajstić information content (AvgIpc) is 2.73. The lowest BCUT2D eigenvalue weighted by Gasteiger charge is -2.18. The number of rotatable bonds is 2.